The zero-order valence-corrected chi connectivity index (χ0v) is 26.6. The molecule has 1 unspecified atom stereocenters. The average Bonchev–Trinajstić information content (AvgIpc) is 3.52. The number of sulfonamides is 1. The summed E-state index contributed by atoms with van der Waals surface area (Å²) in [5.41, 5.74) is 2.37. The molecule has 3 amide bonds. The van der Waals surface area contributed by atoms with Crippen LogP contribution in [0.4, 0.5) is 11.6 Å². The Hall–Kier alpha value is -5.01. The molecule has 0 fully saturated rings. The highest BCUT2D eigenvalue weighted by Crippen LogP contribution is 2.20. The fourth-order valence-corrected chi connectivity index (χ4v) is 5.26. The number of carbonyl (C=O) groups is 3. The number of aryl methyl sites for hydroxylation is 1. The molecule has 46 heavy (non-hydrogen) atoms. The van der Waals surface area contributed by atoms with Crippen LogP contribution in [0.25, 0.3) is 0 Å². The SMILES string of the molecule is CCc1cnc(NC(=O)[C@H](O)[C@H](Cc2ccccc2)NC(=O)c2cc(NS(=O)(=O)CC)cc(C(=O)NC(C)c3ccccc3)c2)[nH]1. The third kappa shape index (κ3) is 9.25. The Kier molecular flexibility index (Phi) is 11.3. The Balaban J connectivity index is 1.62. The van der Waals surface area contributed by atoms with Crippen molar-refractivity contribution in [3.63, 3.8) is 0 Å². The van der Waals surface area contributed by atoms with E-state index in [4.69, 9.17) is 0 Å². The summed E-state index contributed by atoms with van der Waals surface area (Å²) in [6, 6.07) is 20.7. The number of hydrogen-bond donors (Lipinski definition) is 6. The van der Waals surface area contributed by atoms with Crippen LogP contribution in [-0.4, -0.2) is 59.1 Å². The zero-order valence-electron chi connectivity index (χ0n) is 25.8. The van der Waals surface area contributed by atoms with Gasteiger partial charge in [0.2, 0.25) is 16.0 Å². The predicted octanol–water partition coefficient (Wildman–Crippen LogP) is 3.57. The highest BCUT2D eigenvalue weighted by atomic mass is 32.2. The van der Waals surface area contributed by atoms with Gasteiger partial charge in [-0.3, -0.25) is 24.4 Å². The van der Waals surface area contributed by atoms with Crippen molar-refractivity contribution in [3.05, 3.63) is 113 Å². The third-order valence-electron chi connectivity index (χ3n) is 7.27. The molecule has 0 aliphatic rings. The van der Waals surface area contributed by atoms with Gasteiger partial charge >= 0.3 is 0 Å². The lowest BCUT2D eigenvalue weighted by molar-refractivity contribution is -0.125. The monoisotopic (exact) mass is 646 g/mol. The lowest BCUT2D eigenvalue weighted by Gasteiger charge is -2.24. The Morgan fingerprint density at radius 1 is 0.891 bits per heavy atom. The van der Waals surface area contributed by atoms with Crippen molar-refractivity contribution in [2.45, 2.75) is 51.8 Å². The number of carbonyl (C=O) groups excluding carboxylic acids is 3. The summed E-state index contributed by atoms with van der Waals surface area (Å²) in [5.74, 6) is -2.14. The van der Waals surface area contributed by atoms with Crippen molar-refractivity contribution in [3.8, 4) is 0 Å². The van der Waals surface area contributed by atoms with Gasteiger partial charge in [-0.2, -0.15) is 0 Å². The van der Waals surface area contributed by atoms with E-state index in [0.717, 1.165) is 16.8 Å². The standard InChI is InChI=1S/C33H38N6O6S/c1-4-26-20-34-33(36-26)38-32(43)29(40)28(16-22-12-8-6-9-13-22)37-31(42)25-17-24(18-27(19-25)39-46(44,45)5-2)30(41)35-21(3)23-14-10-7-11-15-23/h6-15,17-21,28-29,39-40H,4-5,16H2,1-3H3,(H,35,41)(H,37,42)(H2,34,36,38,43)/t21?,28-,29+/m0/s1. The second-order valence-corrected chi connectivity index (χ2v) is 12.7. The number of H-pyrrole nitrogens is 1. The van der Waals surface area contributed by atoms with E-state index in [2.05, 4.69) is 30.6 Å². The molecule has 0 bridgehead atoms. The lowest BCUT2D eigenvalue weighted by atomic mass is 9.99. The number of rotatable bonds is 14. The normalized spacial score (nSPS) is 13.2. The second kappa shape index (κ2) is 15.3. The fourth-order valence-electron chi connectivity index (χ4n) is 4.64. The lowest BCUT2D eigenvalue weighted by Crippen LogP contribution is -2.50. The molecule has 3 aromatic carbocycles. The number of anilines is 2. The second-order valence-electron chi connectivity index (χ2n) is 10.7. The minimum Gasteiger partial charge on any atom is -0.381 e. The van der Waals surface area contributed by atoms with Gasteiger partial charge in [0.25, 0.3) is 17.7 Å². The van der Waals surface area contributed by atoms with E-state index < -0.39 is 39.9 Å². The first-order valence-corrected chi connectivity index (χ1v) is 16.5. The van der Waals surface area contributed by atoms with Crippen LogP contribution in [0.3, 0.4) is 0 Å². The molecule has 0 saturated heterocycles. The molecule has 1 heterocycles. The molecule has 0 saturated carbocycles. The average molecular weight is 647 g/mol. The molecule has 3 atom stereocenters. The number of hydrogen-bond acceptors (Lipinski definition) is 7. The van der Waals surface area contributed by atoms with E-state index in [1.54, 1.807) is 37.4 Å². The molecule has 0 aliphatic heterocycles. The Labute approximate surface area is 268 Å². The van der Waals surface area contributed by atoms with Crippen LogP contribution in [0.5, 0.6) is 0 Å². The number of aliphatic hydroxyl groups is 1. The number of benzene rings is 3. The van der Waals surface area contributed by atoms with E-state index >= 15 is 0 Å². The summed E-state index contributed by atoms with van der Waals surface area (Å²) in [7, 11) is -3.76. The smallest absolute Gasteiger partial charge is 0.257 e. The molecule has 4 aromatic rings. The van der Waals surface area contributed by atoms with Crippen LogP contribution in [0.15, 0.2) is 85.1 Å². The predicted molar refractivity (Wildman–Crippen MR) is 176 cm³/mol. The van der Waals surface area contributed by atoms with Gasteiger partial charge < -0.3 is 20.7 Å². The first-order chi connectivity index (χ1) is 22.0. The van der Waals surface area contributed by atoms with E-state index in [1.165, 1.54) is 25.1 Å². The minimum absolute atomic E-state index is 0.00876. The quantitative estimate of drug-likeness (QED) is 0.121. The third-order valence-corrected chi connectivity index (χ3v) is 8.58. The van der Waals surface area contributed by atoms with Crippen molar-refractivity contribution >= 4 is 39.4 Å². The Morgan fingerprint density at radius 3 is 2.09 bits per heavy atom. The first-order valence-electron chi connectivity index (χ1n) is 14.9. The van der Waals surface area contributed by atoms with Gasteiger partial charge in [-0.1, -0.05) is 67.6 Å². The molecule has 0 aliphatic carbocycles. The molecular formula is C33H38N6O6S. The summed E-state index contributed by atoms with van der Waals surface area (Å²) >= 11 is 0. The van der Waals surface area contributed by atoms with Crippen molar-refractivity contribution in [2.75, 3.05) is 15.8 Å². The molecule has 13 heteroatoms. The largest absolute Gasteiger partial charge is 0.381 e. The van der Waals surface area contributed by atoms with Crippen molar-refractivity contribution < 1.29 is 27.9 Å². The minimum atomic E-state index is -3.76. The van der Waals surface area contributed by atoms with Gasteiger partial charge in [-0.25, -0.2) is 13.4 Å². The molecular weight excluding hydrogens is 608 g/mol. The highest BCUT2D eigenvalue weighted by Gasteiger charge is 2.29. The fraction of sp³-hybridized carbons (Fsp3) is 0.273. The Bertz CT molecular complexity index is 1760. The van der Waals surface area contributed by atoms with Gasteiger partial charge in [0.05, 0.1) is 29.7 Å². The van der Waals surface area contributed by atoms with Gasteiger partial charge in [0.15, 0.2) is 6.10 Å². The summed E-state index contributed by atoms with van der Waals surface area (Å²) in [4.78, 5) is 47.1. The van der Waals surface area contributed by atoms with E-state index in [0.29, 0.717) is 6.42 Å². The van der Waals surface area contributed by atoms with Gasteiger partial charge in [0, 0.05) is 16.8 Å². The number of aliphatic hydroxyl groups excluding tert-OH is 1. The van der Waals surface area contributed by atoms with Gasteiger partial charge in [-0.05, 0) is 56.0 Å². The topological polar surface area (TPSA) is 182 Å². The maximum absolute atomic E-state index is 13.7. The number of nitrogens with one attached hydrogen (secondary N) is 5. The van der Waals surface area contributed by atoms with Crippen LogP contribution < -0.4 is 20.7 Å². The summed E-state index contributed by atoms with van der Waals surface area (Å²) in [5, 5.41) is 19.2. The summed E-state index contributed by atoms with van der Waals surface area (Å²) in [6.45, 7) is 5.18. The summed E-state index contributed by atoms with van der Waals surface area (Å²) < 4.78 is 27.2. The van der Waals surface area contributed by atoms with E-state index in [9.17, 15) is 27.9 Å². The van der Waals surface area contributed by atoms with Crippen molar-refractivity contribution in [1.82, 2.24) is 20.6 Å². The molecule has 242 valence electrons. The number of imidazole rings is 1. The molecule has 1 aromatic heterocycles. The number of amides is 3. The van der Waals surface area contributed by atoms with E-state index in [-0.39, 0.29) is 41.0 Å². The molecule has 6 N–H and O–H groups in total. The molecule has 0 spiro atoms. The number of aromatic nitrogens is 2. The van der Waals surface area contributed by atoms with Crippen LogP contribution >= 0.6 is 0 Å². The van der Waals surface area contributed by atoms with Crippen molar-refractivity contribution in [1.29, 1.82) is 0 Å². The molecule has 4 rings (SSSR count). The molecule has 12 nitrogen and oxygen atoms in total. The van der Waals surface area contributed by atoms with Crippen LogP contribution in [-0.2, 0) is 27.7 Å². The zero-order chi connectivity index (χ0) is 33.3. The highest BCUT2D eigenvalue weighted by molar-refractivity contribution is 7.92. The number of nitrogens with zero attached hydrogens (tertiary/aromatic N) is 1. The first kappa shape index (κ1) is 33.9. The maximum Gasteiger partial charge on any atom is 0.257 e. The van der Waals surface area contributed by atoms with Crippen LogP contribution in [0, 0.1) is 0 Å². The number of aromatic amines is 1. The van der Waals surface area contributed by atoms with Gasteiger partial charge in [0.1, 0.15) is 0 Å². The van der Waals surface area contributed by atoms with Gasteiger partial charge in [-0.15, -0.1) is 0 Å². The maximum atomic E-state index is 13.7. The van der Waals surface area contributed by atoms with E-state index in [1.807, 2.05) is 43.3 Å². The Morgan fingerprint density at radius 2 is 1.50 bits per heavy atom. The summed E-state index contributed by atoms with van der Waals surface area (Å²) in [6.07, 6.45) is 0.621. The van der Waals surface area contributed by atoms with Crippen LogP contribution in [0.2, 0.25) is 0 Å². The molecule has 0 radical (unpaired) electrons. The van der Waals surface area contributed by atoms with Crippen molar-refractivity contribution in [2.24, 2.45) is 0 Å². The van der Waals surface area contributed by atoms with Crippen LogP contribution in [0.1, 0.15) is 64.3 Å².